The van der Waals surface area contributed by atoms with Crippen molar-refractivity contribution in [2.24, 2.45) is 0 Å². The summed E-state index contributed by atoms with van der Waals surface area (Å²) in [6, 6.07) is 0.682. The maximum absolute atomic E-state index is 5.73. The molecule has 1 aliphatic heterocycles. The van der Waals surface area contributed by atoms with E-state index < -0.39 is 0 Å². The zero-order chi connectivity index (χ0) is 13.8. The summed E-state index contributed by atoms with van der Waals surface area (Å²) in [7, 11) is 0. The van der Waals surface area contributed by atoms with E-state index >= 15 is 0 Å². The molecular formula is C16H27N3O. The van der Waals surface area contributed by atoms with Gasteiger partial charge in [-0.05, 0) is 26.2 Å². The number of hydrogen-bond acceptors (Lipinski definition) is 3. The molecule has 2 heterocycles. The van der Waals surface area contributed by atoms with E-state index in [9.17, 15) is 0 Å². The second-order valence-electron chi connectivity index (χ2n) is 6.35. The van der Waals surface area contributed by atoms with Crippen LogP contribution in [-0.2, 0) is 11.3 Å². The van der Waals surface area contributed by atoms with Crippen molar-refractivity contribution in [1.29, 1.82) is 0 Å². The summed E-state index contributed by atoms with van der Waals surface area (Å²) < 4.78 is 8.17. The Balaban J connectivity index is 1.66. The van der Waals surface area contributed by atoms with E-state index in [0.717, 1.165) is 32.7 Å². The van der Waals surface area contributed by atoms with Crippen molar-refractivity contribution in [3.8, 4) is 0 Å². The van der Waals surface area contributed by atoms with Gasteiger partial charge < -0.3 is 9.30 Å². The van der Waals surface area contributed by atoms with Gasteiger partial charge in [0.15, 0.2) is 0 Å². The molecule has 2 aliphatic rings. The van der Waals surface area contributed by atoms with Gasteiger partial charge in [-0.1, -0.05) is 19.3 Å². The lowest BCUT2D eigenvalue weighted by atomic mass is 9.95. The van der Waals surface area contributed by atoms with E-state index in [-0.39, 0.29) is 0 Å². The molecule has 20 heavy (non-hydrogen) atoms. The van der Waals surface area contributed by atoms with Crippen LogP contribution < -0.4 is 0 Å². The number of hydrogen-bond donors (Lipinski definition) is 0. The van der Waals surface area contributed by atoms with Crippen LogP contribution in [0.4, 0.5) is 0 Å². The van der Waals surface area contributed by atoms with Crippen LogP contribution >= 0.6 is 0 Å². The number of rotatable bonds is 3. The summed E-state index contributed by atoms with van der Waals surface area (Å²) in [6.07, 6.45) is 12.4. The Morgan fingerprint density at radius 1 is 1.25 bits per heavy atom. The average molecular weight is 277 g/mol. The molecule has 0 amide bonds. The molecule has 1 aromatic rings. The van der Waals surface area contributed by atoms with E-state index in [1.165, 1.54) is 37.8 Å². The van der Waals surface area contributed by atoms with E-state index in [1.807, 2.05) is 6.33 Å². The van der Waals surface area contributed by atoms with Crippen molar-refractivity contribution in [3.63, 3.8) is 0 Å². The molecule has 0 radical (unpaired) electrons. The quantitative estimate of drug-likeness (QED) is 0.851. The van der Waals surface area contributed by atoms with Crippen molar-refractivity contribution in [2.75, 3.05) is 19.7 Å². The topological polar surface area (TPSA) is 30.3 Å². The second-order valence-corrected chi connectivity index (χ2v) is 6.35. The Labute approximate surface area is 122 Å². The highest BCUT2D eigenvalue weighted by atomic mass is 16.5. The minimum absolute atomic E-state index is 0.351. The highest BCUT2D eigenvalue weighted by Crippen LogP contribution is 2.29. The third kappa shape index (κ3) is 3.41. The van der Waals surface area contributed by atoms with Crippen LogP contribution in [0.2, 0.25) is 0 Å². The highest BCUT2D eigenvalue weighted by Gasteiger charge is 2.20. The van der Waals surface area contributed by atoms with E-state index in [0.29, 0.717) is 12.1 Å². The van der Waals surface area contributed by atoms with Gasteiger partial charge in [-0.3, -0.25) is 4.90 Å². The molecule has 0 aromatic carbocycles. The Hall–Kier alpha value is -0.870. The summed E-state index contributed by atoms with van der Waals surface area (Å²) in [5.74, 6) is 0. The van der Waals surface area contributed by atoms with Gasteiger partial charge in [-0.15, -0.1) is 0 Å². The molecule has 0 N–H and O–H groups in total. The molecule has 1 aromatic heterocycles. The third-order valence-electron chi connectivity index (χ3n) is 4.64. The molecule has 1 saturated heterocycles. The van der Waals surface area contributed by atoms with Gasteiger partial charge in [0.05, 0.1) is 18.1 Å². The molecule has 0 spiro atoms. The highest BCUT2D eigenvalue weighted by molar-refractivity contribution is 5.01. The summed E-state index contributed by atoms with van der Waals surface area (Å²) in [4.78, 5) is 6.93. The molecule has 1 unspecified atom stereocenters. The van der Waals surface area contributed by atoms with Crippen LogP contribution in [0.15, 0.2) is 12.5 Å². The van der Waals surface area contributed by atoms with Gasteiger partial charge in [-0.2, -0.15) is 0 Å². The first kappa shape index (κ1) is 14.1. The Morgan fingerprint density at radius 2 is 2.10 bits per heavy atom. The van der Waals surface area contributed by atoms with Crippen molar-refractivity contribution < 1.29 is 4.74 Å². The van der Waals surface area contributed by atoms with Crippen LogP contribution in [-0.4, -0.2) is 40.3 Å². The zero-order valence-corrected chi connectivity index (χ0v) is 12.6. The molecule has 112 valence electrons. The lowest BCUT2D eigenvalue weighted by Crippen LogP contribution is -2.31. The van der Waals surface area contributed by atoms with E-state index in [4.69, 9.17) is 4.74 Å². The Bertz CT molecular complexity index is 412. The first-order valence-corrected chi connectivity index (χ1v) is 8.17. The number of nitrogens with zero attached hydrogens (tertiary/aromatic N) is 3. The lowest BCUT2D eigenvalue weighted by Gasteiger charge is -2.27. The first-order valence-electron chi connectivity index (χ1n) is 8.17. The number of aromatic nitrogens is 2. The van der Waals surface area contributed by atoms with Gasteiger partial charge in [0.1, 0.15) is 0 Å². The molecule has 2 fully saturated rings. The molecule has 1 saturated carbocycles. The van der Waals surface area contributed by atoms with Crippen molar-refractivity contribution >= 4 is 0 Å². The molecule has 4 heteroatoms. The SMILES string of the molecule is CC1CN(Cc2cncn2C2CCCCC2)CCCO1. The summed E-state index contributed by atoms with van der Waals surface area (Å²) in [6.45, 7) is 6.27. The third-order valence-corrected chi connectivity index (χ3v) is 4.64. The smallest absolute Gasteiger partial charge is 0.0951 e. The summed E-state index contributed by atoms with van der Waals surface area (Å²) >= 11 is 0. The van der Waals surface area contributed by atoms with Gasteiger partial charge in [-0.25, -0.2) is 4.98 Å². The average Bonchev–Trinajstić information content (AvgIpc) is 2.82. The van der Waals surface area contributed by atoms with Gasteiger partial charge in [0.2, 0.25) is 0 Å². The fourth-order valence-electron chi connectivity index (χ4n) is 3.60. The van der Waals surface area contributed by atoms with Crippen molar-refractivity contribution in [3.05, 3.63) is 18.2 Å². The van der Waals surface area contributed by atoms with Crippen LogP contribution in [0.25, 0.3) is 0 Å². The predicted octanol–water partition coefficient (Wildman–Crippen LogP) is 3.00. The lowest BCUT2D eigenvalue weighted by molar-refractivity contribution is 0.0664. The molecule has 1 atom stereocenters. The molecule has 1 aliphatic carbocycles. The largest absolute Gasteiger partial charge is 0.377 e. The van der Waals surface area contributed by atoms with Gasteiger partial charge in [0, 0.05) is 38.5 Å². The normalized spacial score (nSPS) is 26.6. The zero-order valence-electron chi connectivity index (χ0n) is 12.6. The second kappa shape index (κ2) is 6.72. The van der Waals surface area contributed by atoms with Gasteiger partial charge in [0.25, 0.3) is 0 Å². The standard InChI is InChI=1S/C16H27N3O/c1-14-11-18(8-5-9-20-14)12-16-10-17-13-19(16)15-6-3-2-4-7-15/h10,13-15H,2-9,11-12H2,1H3. The van der Waals surface area contributed by atoms with E-state index in [1.54, 1.807) is 0 Å². The predicted molar refractivity (Wildman–Crippen MR) is 79.7 cm³/mol. The molecule has 3 rings (SSSR count). The summed E-state index contributed by atoms with van der Waals surface area (Å²) in [5.41, 5.74) is 1.38. The molecule has 4 nitrogen and oxygen atoms in total. The van der Waals surface area contributed by atoms with Crippen LogP contribution in [0.1, 0.15) is 57.2 Å². The van der Waals surface area contributed by atoms with Crippen LogP contribution in [0.3, 0.4) is 0 Å². The Morgan fingerprint density at radius 3 is 2.95 bits per heavy atom. The molecular weight excluding hydrogens is 250 g/mol. The minimum Gasteiger partial charge on any atom is -0.377 e. The fourth-order valence-corrected chi connectivity index (χ4v) is 3.60. The number of imidazole rings is 1. The van der Waals surface area contributed by atoms with E-state index in [2.05, 4.69) is 27.6 Å². The minimum atomic E-state index is 0.351. The summed E-state index contributed by atoms with van der Waals surface area (Å²) in [5, 5.41) is 0. The van der Waals surface area contributed by atoms with Crippen molar-refractivity contribution in [2.45, 2.75) is 64.1 Å². The van der Waals surface area contributed by atoms with Crippen molar-refractivity contribution in [1.82, 2.24) is 14.5 Å². The van der Waals surface area contributed by atoms with Crippen LogP contribution in [0.5, 0.6) is 0 Å². The Kier molecular flexibility index (Phi) is 4.73. The maximum Gasteiger partial charge on any atom is 0.0951 e. The fraction of sp³-hybridized carbons (Fsp3) is 0.812. The van der Waals surface area contributed by atoms with Crippen LogP contribution in [0, 0.1) is 0 Å². The monoisotopic (exact) mass is 277 g/mol. The van der Waals surface area contributed by atoms with Gasteiger partial charge >= 0.3 is 0 Å². The number of ether oxygens (including phenoxy) is 1. The molecule has 0 bridgehead atoms. The first-order chi connectivity index (χ1) is 9.83. The maximum atomic E-state index is 5.73.